The molecule has 0 N–H and O–H groups in total. The molecule has 3 rings (SSSR count). The zero-order chi connectivity index (χ0) is 15.0. The topological polar surface area (TPSA) is 64.4 Å². The van der Waals surface area contributed by atoms with Crippen LogP contribution in [0, 0.1) is 0 Å². The van der Waals surface area contributed by atoms with Gasteiger partial charge in [0.05, 0.1) is 30.5 Å². The fraction of sp³-hybridized carbons (Fsp3) is 0.500. The molecule has 1 amide bonds. The smallest absolute Gasteiger partial charge is 0.262 e. The lowest BCUT2D eigenvalue weighted by atomic mass is 10.2. The van der Waals surface area contributed by atoms with Crippen molar-refractivity contribution in [3.8, 4) is 0 Å². The number of rotatable bonds is 2. The first-order chi connectivity index (χ1) is 10.1. The standard InChI is InChI=1S/C14H17N3O3S/c1-9-7-20-10(2)5-17(9)12(18)6-16-8-15-13-11(14(16)19)3-4-21-13/h3-4,8-10H,5-7H2,1-2H3/t9-,10-/m0/s1. The van der Waals surface area contributed by atoms with Crippen LogP contribution in [0.3, 0.4) is 0 Å². The Labute approximate surface area is 126 Å². The third-order valence-electron chi connectivity index (χ3n) is 3.68. The molecule has 1 saturated heterocycles. The second kappa shape index (κ2) is 5.57. The van der Waals surface area contributed by atoms with Crippen LogP contribution in [0.15, 0.2) is 22.6 Å². The molecule has 0 aromatic carbocycles. The molecule has 6 nitrogen and oxygen atoms in total. The molecule has 2 aromatic rings. The zero-order valence-electron chi connectivity index (χ0n) is 12.0. The van der Waals surface area contributed by atoms with Crippen molar-refractivity contribution in [1.82, 2.24) is 14.5 Å². The average molecular weight is 307 g/mol. The Hall–Kier alpha value is -1.73. The highest BCUT2D eigenvalue weighted by molar-refractivity contribution is 7.16. The van der Waals surface area contributed by atoms with Crippen molar-refractivity contribution in [3.05, 3.63) is 28.1 Å². The first kappa shape index (κ1) is 14.2. The Morgan fingerprint density at radius 3 is 3.14 bits per heavy atom. The summed E-state index contributed by atoms with van der Waals surface area (Å²) in [5.74, 6) is -0.0730. The van der Waals surface area contributed by atoms with Gasteiger partial charge in [-0.15, -0.1) is 11.3 Å². The largest absolute Gasteiger partial charge is 0.375 e. The van der Waals surface area contributed by atoms with Gasteiger partial charge in [-0.2, -0.15) is 0 Å². The fourth-order valence-electron chi connectivity index (χ4n) is 2.49. The first-order valence-corrected chi connectivity index (χ1v) is 7.78. The van der Waals surface area contributed by atoms with Crippen molar-refractivity contribution in [1.29, 1.82) is 0 Å². The summed E-state index contributed by atoms with van der Waals surface area (Å²) in [4.78, 5) is 31.4. The van der Waals surface area contributed by atoms with E-state index in [1.165, 1.54) is 22.2 Å². The van der Waals surface area contributed by atoms with Crippen LogP contribution in [0.5, 0.6) is 0 Å². The van der Waals surface area contributed by atoms with Gasteiger partial charge >= 0.3 is 0 Å². The third kappa shape index (κ3) is 2.71. The Bertz CT molecular complexity index is 724. The second-order valence-corrected chi connectivity index (χ2v) is 6.25. The maximum Gasteiger partial charge on any atom is 0.262 e. The number of nitrogens with zero attached hydrogens (tertiary/aromatic N) is 3. The predicted octanol–water partition coefficient (Wildman–Crippen LogP) is 1.09. The monoisotopic (exact) mass is 307 g/mol. The number of hydrogen-bond donors (Lipinski definition) is 0. The van der Waals surface area contributed by atoms with Gasteiger partial charge in [0.25, 0.3) is 5.56 Å². The number of amides is 1. The van der Waals surface area contributed by atoms with E-state index in [2.05, 4.69) is 4.98 Å². The van der Waals surface area contributed by atoms with Crippen LogP contribution in [0.1, 0.15) is 13.8 Å². The fourth-order valence-corrected chi connectivity index (χ4v) is 3.22. The quantitative estimate of drug-likeness (QED) is 0.833. The number of morpholine rings is 1. The van der Waals surface area contributed by atoms with Crippen LogP contribution in [-0.4, -0.2) is 45.7 Å². The molecule has 21 heavy (non-hydrogen) atoms. The third-order valence-corrected chi connectivity index (χ3v) is 4.50. The lowest BCUT2D eigenvalue weighted by Crippen LogP contribution is -2.51. The number of carbonyl (C=O) groups excluding carboxylic acids is 1. The van der Waals surface area contributed by atoms with Crippen LogP contribution < -0.4 is 5.56 Å². The van der Waals surface area contributed by atoms with Crippen molar-refractivity contribution in [2.24, 2.45) is 0 Å². The molecular formula is C14H17N3O3S. The molecule has 1 aliphatic rings. The van der Waals surface area contributed by atoms with E-state index in [-0.39, 0.29) is 30.2 Å². The summed E-state index contributed by atoms with van der Waals surface area (Å²) >= 11 is 1.42. The van der Waals surface area contributed by atoms with Gasteiger partial charge < -0.3 is 9.64 Å². The molecule has 3 heterocycles. The van der Waals surface area contributed by atoms with E-state index in [0.717, 1.165) is 0 Å². The van der Waals surface area contributed by atoms with Gasteiger partial charge in [0, 0.05) is 6.54 Å². The molecule has 2 atom stereocenters. The average Bonchev–Trinajstić information content (AvgIpc) is 2.93. The molecule has 0 unspecified atom stereocenters. The van der Waals surface area contributed by atoms with E-state index < -0.39 is 0 Å². The molecule has 112 valence electrons. The molecule has 0 radical (unpaired) electrons. The Balaban J connectivity index is 1.82. The number of thiophene rings is 1. The Morgan fingerprint density at radius 1 is 1.52 bits per heavy atom. The van der Waals surface area contributed by atoms with E-state index in [1.54, 1.807) is 11.0 Å². The van der Waals surface area contributed by atoms with Gasteiger partial charge in [-0.05, 0) is 25.3 Å². The molecule has 2 aromatic heterocycles. The van der Waals surface area contributed by atoms with Crippen LogP contribution >= 0.6 is 11.3 Å². The number of carbonyl (C=O) groups is 1. The molecule has 0 saturated carbocycles. The van der Waals surface area contributed by atoms with Crippen molar-refractivity contribution in [2.75, 3.05) is 13.2 Å². The minimum Gasteiger partial charge on any atom is -0.375 e. The number of fused-ring (bicyclic) bond motifs is 1. The summed E-state index contributed by atoms with van der Waals surface area (Å²) in [7, 11) is 0. The van der Waals surface area contributed by atoms with Crippen LogP contribution in [0.25, 0.3) is 10.2 Å². The van der Waals surface area contributed by atoms with Crippen LogP contribution in [0.4, 0.5) is 0 Å². The molecule has 7 heteroatoms. The lowest BCUT2D eigenvalue weighted by Gasteiger charge is -2.36. The maximum atomic E-state index is 12.4. The van der Waals surface area contributed by atoms with E-state index in [1.807, 2.05) is 19.2 Å². The zero-order valence-corrected chi connectivity index (χ0v) is 12.8. The number of hydrogen-bond acceptors (Lipinski definition) is 5. The highest BCUT2D eigenvalue weighted by atomic mass is 32.1. The van der Waals surface area contributed by atoms with Crippen molar-refractivity contribution in [2.45, 2.75) is 32.5 Å². The van der Waals surface area contributed by atoms with Crippen molar-refractivity contribution >= 4 is 27.5 Å². The minimum atomic E-state index is -0.163. The molecular weight excluding hydrogens is 290 g/mol. The number of ether oxygens (including phenoxy) is 1. The van der Waals surface area contributed by atoms with Gasteiger partial charge in [0.2, 0.25) is 5.91 Å². The minimum absolute atomic E-state index is 0.0225. The number of aromatic nitrogens is 2. The van der Waals surface area contributed by atoms with Gasteiger partial charge in [0.1, 0.15) is 11.4 Å². The summed E-state index contributed by atoms with van der Waals surface area (Å²) in [5, 5.41) is 2.40. The molecule has 0 bridgehead atoms. The predicted molar refractivity (Wildman–Crippen MR) is 80.5 cm³/mol. The summed E-state index contributed by atoms with van der Waals surface area (Å²) in [6.45, 7) is 5.01. The Kier molecular flexibility index (Phi) is 3.77. The summed E-state index contributed by atoms with van der Waals surface area (Å²) in [6, 6.07) is 1.78. The maximum absolute atomic E-state index is 12.4. The van der Waals surface area contributed by atoms with Crippen LogP contribution in [-0.2, 0) is 16.1 Å². The van der Waals surface area contributed by atoms with Gasteiger partial charge in [-0.1, -0.05) is 0 Å². The van der Waals surface area contributed by atoms with E-state index in [0.29, 0.717) is 23.4 Å². The van der Waals surface area contributed by atoms with Crippen LogP contribution in [0.2, 0.25) is 0 Å². The molecule has 0 spiro atoms. The highest BCUT2D eigenvalue weighted by Gasteiger charge is 2.27. The summed E-state index contributed by atoms with van der Waals surface area (Å²) in [5.41, 5.74) is -0.163. The molecule has 1 fully saturated rings. The molecule has 0 aliphatic carbocycles. The van der Waals surface area contributed by atoms with E-state index >= 15 is 0 Å². The SMILES string of the molecule is C[C@H]1CN(C(=O)Cn2cnc3sccc3c2=O)[C@@H](C)CO1. The van der Waals surface area contributed by atoms with Crippen molar-refractivity contribution in [3.63, 3.8) is 0 Å². The van der Waals surface area contributed by atoms with Gasteiger partial charge in [-0.3, -0.25) is 14.2 Å². The Morgan fingerprint density at radius 2 is 2.33 bits per heavy atom. The van der Waals surface area contributed by atoms with E-state index in [9.17, 15) is 9.59 Å². The summed E-state index contributed by atoms with van der Waals surface area (Å²) < 4.78 is 6.90. The van der Waals surface area contributed by atoms with E-state index in [4.69, 9.17) is 4.74 Å². The first-order valence-electron chi connectivity index (χ1n) is 6.90. The van der Waals surface area contributed by atoms with Crippen molar-refractivity contribution < 1.29 is 9.53 Å². The molecule has 1 aliphatic heterocycles. The van der Waals surface area contributed by atoms with Gasteiger partial charge in [-0.25, -0.2) is 4.98 Å². The van der Waals surface area contributed by atoms with Gasteiger partial charge in [0.15, 0.2) is 0 Å². The second-order valence-electron chi connectivity index (χ2n) is 5.36. The highest BCUT2D eigenvalue weighted by Crippen LogP contribution is 2.14. The summed E-state index contributed by atoms with van der Waals surface area (Å²) in [6.07, 6.45) is 1.48. The normalized spacial score (nSPS) is 22.7. The lowest BCUT2D eigenvalue weighted by molar-refractivity contribution is -0.143.